The summed E-state index contributed by atoms with van der Waals surface area (Å²) < 4.78 is 0. The first-order valence-corrected chi connectivity index (χ1v) is 4.77. The number of hydrogen-bond donors (Lipinski definition) is 3. The van der Waals surface area contributed by atoms with Crippen LogP contribution in [0.4, 0.5) is 11.5 Å². The minimum absolute atomic E-state index is 0.142. The lowest BCUT2D eigenvalue weighted by Gasteiger charge is -2.10. The third-order valence-corrected chi connectivity index (χ3v) is 1.95. The molecule has 0 saturated heterocycles. The molecule has 0 radical (unpaired) electrons. The van der Waals surface area contributed by atoms with Crippen LogP contribution in [0.15, 0.2) is 12.1 Å². The average molecular weight is 216 g/mol. The highest BCUT2D eigenvalue weighted by Gasteiger charge is 2.02. The van der Waals surface area contributed by atoms with E-state index in [4.69, 9.17) is 22.4 Å². The van der Waals surface area contributed by atoms with Crippen molar-refractivity contribution >= 4 is 23.1 Å². The van der Waals surface area contributed by atoms with E-state index in [1.54, 1.807) is 12.1 Å². The molecule has 0 fully saturated rings. The Hall–Kier alpha value is -1.00. The molecule has 0 amide bonds. The number of pyridine rings is 1. The highest BCUT2D eigenvalue weighted by molar-refractivity contribution is 6.29. The number of nitrogen functional groups attached to an aromatic ring is 1. The number of anilines is 2. The molecule has 1 aromatic heterocycles. The van der Waals surface area contributed by atoms with Crippen molar-refractivity contribution in [3.8, 4) is 0 Å². The number of halogens is 1. The minimum atomic E-state index is 0.142. The molecule has 0 aromatic carbocycles. The van der Waals surface area contributed by atoms with Gasteiger partial charge in [-0.05, 0) is 12.0 Å². The third-order valence-electron chi connectivity index (χ3n) is 1.76. The van der Waals surface area contributed by atoms with Crippen LogP contribution in [0, 0.1) is 5.92 Å². The van der Waals surface area contributed by atoms with Crippen molar-refractivity contribution < 1.29 is 5.11 Å². The number of nitrogens with one attached hydrogen (secondary N) is 1. The van der Waals surface area contributed by atoms with Crippen molar-refractivity contribution in [1.29, 1.82) is 0 Å². The highest BCUT2D eigenvalue weighted by Crippen LogP contribution is 2.15. The quantitative estimate of drug-likeness (QED) is 0.664. The molecule has 1 aromatic rings. The third kappa shape index (κ3) is 3.40. The Morgan fingerprint density at radius 1 is 1.64 bits per heavy atom. The lowest BCUT2D eigenvalue weighted by Crippen LogP contribution is -2.15. The zero-order valence-electron chi connectivity index (χ0n) is 8.00. The number of nitrogens with two attached hydrogens (primary N) is 1. The van der Waals surface area contributed by atoms with Crippen molar-refractivity contribution in [2.75, 3.05) is 24.2 Å². The number of rotatable bonds is 4. The summed E-state index contributed by atoms with van der Waals surface area (Å²) in [4.78, 5) is 4.03. The van der Waals surface area contributed by atoms with E-state index in [0.29, 0.717) is 23.2 Å². The second kappa shape index (κ2) is 5.02. The molecule has 4 N–H and O–H groups in total. The van der Waals surface area contributed by atoms with E-state index in [-0.39, 0.29) is 12.5 Å². The van der Waals surface area contributed by atoms with Gasteiger partial charge in [0.2, 0.25) is 0 Å². The van der Waals surface area contributed by atoms with Crippen LogP contribution in [-0.4, -0.2) is 23.2 Å². The topological polar surface area (TPSA) is 71.2 Å². The van der Waals surface area contributed by atoms with E-state index >= 15 is 0 Å². The van der Waals surface area contributed by atoms with Gasteiger partial charge in [0.15, 0.2) is 0 Å². The van der Waals surface area contributed by atoms with Gasteiger partial charge in [-0.15, -0.1) is 0 Å². The van der Waals surface area contributed by atoms with Crippen LogP contribution in [0.25, 0.3) is 0 Å². The van der Waals surface area contributed by atoms with Crippen molar-refractivity contribution in [3.63, 3.8) is 0 Å². The zero-order chi connectivity index (χ0) is 10.6. The molecule has 1 heterocycles. The maximum atomic E-state index is 8.81. The van der Waals surface area contributed by atoms with Gasteiger partial charge in [0.25, 0.3) is 0 Å². The zero-order valence-corrected chi connectivity index (χ0v) is 8.75. The van der Waals surface area contributed by atoms with Crippen LogP contribution < -0.4 is 11.1 Å². The van der Waals surface area contributed by atoms with Gasteiger partial charge in [-0.3, -0.25) is 0 Å². The summed E-state index contributed by atoms with van der Waals surface area (Å²) in [5, 5.41) is 12.2. The molecular weight excluding hydrogens is 202 g/mol. The largest absolute Gasteiger partial charge is 0.399 e. The van der Waals surface area contributed by atoms with Crippen LogP contribution in [-0.2, 0) is 0 Å². The van der Waals surface area contributed by atoms with Gasteiger partial charge < -0.3 is 16.2 Å². The molecule has 0 aliphatic heterocycles. The molecule has 0 bridgehead atoms. The fourth-order valence-corrected chi connectivity index (χ4v) is 1.17. The van der Waals surface area contributed by atoms with E-state index in [2.05, 4.69) is 10.3 Å². The van der Waals surface area contributed by atoms with Crippen LogP contribution >= 0.6 is 11.6 Å². The van der Waals surface area contributed by atoms with Gasteiger partial charge >= 0.3 is 0 Å². The van der Waals surface area contributed by atoms with Crippen LogP contribution in [0.5, 0.6) is 0 Å². The average Bonchev–Trinajstić information content (AvgIpc) is 2.12. The first kappa shape index (κ1) is 11.1. The Morgan fingerprint density at radius 2 is 2.36 bits per heavy atom. The van der Waals surface area contributed by atoms with E-state index in [1.165, 1.54) is 0 Å². The normalized spacial score (nSPS) is 12.5. The second-order valence-corrected chi connectivity index (χ2v) is 3.66. The van der Waals surface area contributed by atoms with E-state index in [0.717, 1.165) is 0 Å². The summed E-state index contributed by atoms with van der Waals surface area (Å²) in [6.45, 7) is 2.72. The first-order chi connectivity index (χ1) is 6.61. The summed E-state index contributed by atoms with van der Waals surface area (Å²) in [5.41, 5.74) is 6.16. The van der Waals surface area contributed by atoms with Crippen molar-refractivity contribution in [1.82, 2.24) is 4.98 Å². The number of aromatic nitrogens is 1. The van der Waals surface area contributed by atoms with Crippen molar-refractivity contribution in [3.05, 3.63) is 17.3 Å². The predicted octanol–water partition coefficient (Wildman–Crippen LogP) is 1.36. The molecule has 4 nitrogen and oxygen atoms in total. The Balaban J connectivity index is 2.58. The molecule has 1 rings (SSSR count). The van der Waals surface area contributed by atoms with E-state index in [1.807, 2.05) is 6.92 Å². The number of nitrogens with zero attached hydrogens (tertiary/aromatic N) is 1. The van der Waals surface area contributed by atoms with Crippen molar-refractivity contribution in [2.45, 2.75) is 6.92 Å². The van der Waals surface area contributed by atoms with Gasteiger partial charge in [0, 0.05) is 24.9 Å². The van der Waals surface area contributed by atoms with Gasteiger partial charge in [-0.2, -0.15) is 0 Å². The Labute approximate surface area is 88.1 Å². The molecule has 0 saturated carbocycles. The Morgan fingerprint density at radius 3 is 2.93 bits per heavy atom. The number of hydrogen-bond acceptors (Lipinski definition) is 4. The molecule has 1 unspecified atom stereocenters. The highest BCUT2D eigenvalue weighted by atomic mass is 35.5. The molecule has 14 heavy (non-hydrogen) atoms. The van der Waals surface area contributed by atoms with Gasteiger partial charge in [-0.25, -0.2) is 4.98 Å². The summed E-state index contributed by atoms with van der Waals surface area (Å²) in [6.07, 6.45) is 0. The molecule has 78 valence electrons. The van der Waals surface area contributed by atoms with Crippen LogP contribution in [0.3, 0.4) is 0 Å². The standard InChI is InChI=1S/C9H14ClN3O/c1-6(5-14)4-12-9-3-7(11)2-8(10)13-9/h2-3,6,14H,4-5H2,1H3,(H3,11,12,13). The molecule has 5 heteroatoms. The predicted molar refractivity (Wildman–Crippen MR) is 58.4 cm³/mol. The maximum Gasteiger partial charge on any atom is 0.133 e. The summed E-state index contributed by atoms with van der Waals surface area (Å²) in [5.74, 6) is 0.812. The monoisotopic (exact) mass is 215 g/mol. The lowest BCUT2D eigenvalue weighted by atomic mass is 10.2. The Bertz CT molecular complexity index is 286. The van der Waals surface area contributed by atoms with Gasteiger partial charge in [-0.1, -0.05) is 18.5 Å². The van der Waals surface area contributed by atoms with E-state index < -0.39 is 0 Å². The number of aliphatic hydroxyl groups is 1. The number of aliphatic hydroxyl groups excluding tert-OH is 1. The van der Waals surface area contributed by atoms with E-state index in [9.17, 15) is 0 Å². The summed E-state index contributed by atoms with van der Waals surface area (Å²) >= 11 is 5.72. The Kier molecular flexibility index (Phi) is 3.98. The molecular formula is C9H14ClN3O. The van der Waals surface area contributed by atoms with Gasteiger partial charge in [0.05, 0.1) is 0 Å². The van der Waals surface area contributed by atoms with Crippen LogP contribution in [0.1, 0.15) is 6.92 Å². The molecule has 0 spiro atoms. The second-order valence-electron chi connectivity index (χ2n) is 3.28. The molecule has 0 aliphatic carbocycles. The lowest BCUT2D eigenvalue weighted by molar-refractivity contribution is 0.244. The first-order valence-electron chi connectivity index (χ1n) is 4.39. The summed E-state index contributed by atoms with van der Waals surface area (Å²) in [6, 6.07) is 3.29. The fourth-order valence-electron chi connectivity index (χ4n) is 0.951. The summed E-state index contributed by atoms with van der Waals surface area (Å²) in [7, 11) is 0. The smallest absolute Gasteiger partial charge is 0.133 e. The SMILES string of the molecule is CC(CO)CNc1cc(N)cc(Cl)n1. The maximum absolute atomic E-state index is 8.81. The van der Waals surface area contributed by atoms with Gasteiger partial charge in [0.1, 0.15) is 11.0 Å². The fraction of sp³-hybridized carbons (Fsp3) is 0.444. The minimum Gasteiger partial charge on any atom is -0.399 e. The van der Waals surface area contributed by atoms with Crippen LogP contribution in [0.2, 0.25) is 5.15 Å². The molecule has 1 atom stereocenters. The van der Waals surface area contributed by atoms with Crippen molar-refractivity contribution in [2.24, 2.45) is 5.92 Å². The molecule has 0 aliphatic rings.